The van der Waals surface area contributed by atoms with Gasteiger partial charge in [-0.1, -0.05) is 5.16 Å². The zero-order valence-corrected chi connectivity index (χ0v) is 13.5. The predicted octanol–water partition coefficient (Wildman–Crippen LogP) is 3.80. The van der Waals surface area contributed by atoms with Crippen LogP contribution in [0.1, 0.15) is 5.56 Å². The highest BCUT2D eigenvalue weighted by Gasteiger charge is 2.22. The molecule has 0 unspecified atom stereocenters. The van der Waals surface area contributed by atoms with Crippen LogP contribution in [0.15, 0.2) is 40.9 Å². The Balaban J connectivity index is 2.14. The molecule has 0 aliphatic carbocycles. The van der Waals surface area contributed by atoms with E-state index in [9.17, 15) is 13.9 Å². The lowest BCUT2D eigenvalue weighted by Crippen LogP contribution is -1.94. The molecule has 0 radical (unpaired) electrons. The van der Waals surface area contributed by atoms with E-state index in [1.54, 1.807) is 18.2 Å². The van der Waals surface area contributed by atoms with Gasteiger partial charge in [-0.3, -0.25) is 0 Å². The fourth-order valence-corrected chi connectivity index (χ4v) is 2.55. The Morgan fingerprint density at radius 3 is 2.48 bits per heavy atom. The van der Waals surface area contributed by atoms with Crippen LogP contribution in [0.25, 0.3) is 22.6 Å². The molecule has 0 bridgehead atoms. The maximum atomic E-state index is 14.0. The number of aliphatic hydroxyl groups is 1. The smallest absolute Gasteiger partial charge is 0.173 e. The van der Waals surface area contributed by atoms with Gasteiger partial charge in [0.15, 0.2) is 17.3 Å². The van der Waals surface area contributed by atoms with Crippen LogP contribution in [-0.4, -0.2) is 24.5 Å². The lowest BCUT2D eigenvalue weighted by Gasteiger charge is -2.09. The quantitative estimate of drug-likeness (QED) is 0.761. The van der Waals surface area contributed by atoms with Crippen LogP contribution < -0.4 is 9.47 Å². The van der Waals surface area contributed by atoms with Gasteiger partial charge in [-0.05, 0) is 36.4 Å². The molecule has 0 saturated carbocycles. The summed E-state index contributed by atoms with van der Waals surface area (Å²) in [6, 6.07) is 8.01. The summed E-state index contributed by atoms with van der Waals surface area (Å²) < 4.78 is 43.2. The topological polar surface area (TPSA) is 64.7 Å². The predicted molar refractivity (Wildman–Crippen MR) is 86.3 cm³/mol. The molecule has 1 aromatic heterocycles. The van der Waals surface area contributed by atoms with Crippen molar-refractivity contribution < 1.29 is 27.9 Å². The van der Waals surface area contributed by atoms with Gasteiger partial charge in [0.2, 0.25) is 0 Å². The molecule has 25 heavy (non-hydrogen) atoms. The Morgan fingerprint density at radius 2 is 1.80 bits per heavy atom. The lowest BCUT2D eigenvalue weighted by atomic mass is 10.0. The number of rotatable bonds is 5. The van der Waals surface area contributed by atoms with E-state index in [1.165, 1.54) is 14.2 Å². The van der Waals surface area contributed by atoms with Crippen molar-refractivity contribution in [2.24, 2.45) is 0 Å². The normalized spacial score (nSPS) is 10.8. The monoisotopic (exact) mass is 347 g/mol. The summed E-state index contributed by atoms with van der Waals surface area (Å²) in [4.78, 5) is 0. The Bertz CT molecular complexity index is 908. The van der Waals surface area contributed by atoms with Gasteiger partial charge in [-0.15, -0.1) is 0 Å². The zero-order valence-electron chi connectivity index (χ0n) is 13.5. The lowest BCUT2D eigenvalue weighted by molar-refractivity contribution is 0.281. The first-order chi connectivity index (χ1) is 12.1. The minimum atomic E-state index is -0.664. The van der Waals surface area contributed by atoms with E-state index in [-0.39, 0.29) is 22.6 Å². The number of ether oxygens (including phenoxy) is 2. The maximum absolute atomic E-state index is 14.0. The highest BCUT2D eigenvalue weighted by atomic mass is 19.1. The van der Waals surface area contributed by atoms with Crippen molar-refractivity contribution in [1.29, 1.82) is 0 Å². The number of benzene rings is 2. The van der Waals surface area contributed by atoms with Crippen molar-refractivity contribution in [3.63, 3.8) is 0 Å². The third kappa shape index (κ3) is 3.06. The standard InChI is InChI=1S/C18H15F2NO4/c1-23-15-6-3-10(7-16(15)24-2)18-13(9-22)17(21-25-18)12-8-11(19)4-5-14(12)20/h3-8,22H,9H2,1-2H3. The second-order valence-corrected chi connectivity index (χ2v) is 5.19. The van der Waals surface area contributed by atoms with Gasteiger partial charge in [0.05, 0.1) is 26.4 Å². The summed E-state index contributed by atoms with van der Waals surface area (Å²) >= 11 is 0. The summed E-state index contributed by atoms with van der Waals surface area (Å²) in [5.74, 6) is -0.0622. The number of hydrogen-bond donors (Lipinski definition) is 1. The van der Waals surface area contributed by atoms with Gasteiger partial charge < -0.3 is 19.1 Å². The molecule has 130 valence electrons. The van der Waals surface area contributed by atoms with Crippen LogP contribution in [-0.2, 0) is 6.61 Å². The number of hydrogen-bond acceptors (Lipinski definition) is 5. The van der Waals surface area contributed by atoms with E-state index < -0.39 is 18.2 Å². The molecule has 3 aromatic rings. The van der Waals surface area contributed by atoms with Crippen LogP contribution in [0.3, 0.4) is 0 Å². The Kier molecular flexibility index (Phi) is 4.67. The third-order valence-electron chi connectivity index (χ3n) is 3.78. The molecule has 0 saturated heterocycles. The van der Waals surface area contributed by atoms with Crippen LogP contribution in [0.5, 0.6) is 11.5 Å². The second-order valence-electron chi connectivity index (χ2n) is 5.19. The number of nitrogens with zero attached hydrogens (tertiary/aromatic N) is 1. The van der Waals surface area contributed by atoms with Gasteiger partial charge in [-0.2, -0.15) is 0 Å². The third-order valence-corrected chi connectivity index (χ3v) is 3.78. The molecule has 0 aliphatic heterocycles. The molecule has 1 N–H and O–H groups in total. The molecule has 0 atom stereocenters. The van der Waals surface area contributed by atoms with E-state index in [4.69, 9.17) is 14.0 Å². The van der Waals surface area contributed by atoms with E-state index in [0.29, 0.717) is 17.1 Å². The average Bonchev–Trinajstić information content (AvgIpc) is 3.06. The second kappa shape index (κ2) is 6.90. The van der Waals surface area contributed by atoms with Crippen molar-refractivity contribution in [2.75, 3.05) is 14.2 Å². The number of aromatic nitrogens is 1. The minimum absolute atomic E-state index is 0.0456. The maximum Gasteiger partial charge on any atom is 0.173 e. The first-order valence-electron chi connectivity index (χ1n) is 7.36. The van der Waals surface area contributed by atoms with Gasteiger partial charge >= 0.3 is 0 Å². The van der Waals surface area contributed by atoms with Crippen LogP contribution in [0.2, 0.25) is 0 Å². The Morgan fingerprint density at radius 1 is 1.04 bits per heavy atom. The highest BCUT2D eigenvalue weighted by Crippen LogP contribution is 2.37. The zero-order chi connectivity index (χ0) is 18.0. The Labute approximate surface area is 142 Å². The number of halogens is 2. The summed E-state index contributed by atoms with van der Waals surface area (Å²) in [5.41, 5.74) is 0.762. The largest absolute Gasteiger partial charge is 0.493 e. The first-order valence-corrected chi connectivity index (χ1v) is 7.36. The molecule has 0 aliphatic rings. The van der Waals surface area contributed by atoms with Crippen LogP contribution in [0, 0.1) is 11.6 Å². The van der Waals surface area contributed by atoms with Crippen LogP contribution >= 0.6 is 0 Å². The molecule has 5 nitrogen and oxygen atoms in total. The van der Waals surface area contributed by atoms with Crippen molar-refractivity contribution in [2.45, 2.75) is 6.61 Å². The molecule has 0 amide bonds. The van der Waals surface area contributed by atoms with Gasteiger partial charge in [-0.25, -0.2) is 8.78 Å². The first kappa shape index (κ1) is 16.9. The fourth-order valence-electron chi connectivity index (χ4n) is 2.55. The summed E-state index contributed by atoms with van der Waals surface area (Å²) in [7, 11) is 3.00. The molecule has 1 heterocycles. The number of methoxy groups -OCH3 is 2. The SMILES string of the molecule is COc1ccc(-c2onc(-c3cc(F)ccc3F)c2CO)cc1OC. The van der Waals surface area contributed by atoms with Gasteiger partial charge in [0, 0.05) is 11.1 Å². The minimum Gasteiger partial charge on any atom is -0.493 e. The highest BCUT2D eigenvalue weighted by molar-refractivity contribution is 5.74. The van der Waals surface area contributed by atoms with E-state index in [0.717, 1.165) is 18.2 Å². The van der Waals surface area contributed by atoms with E-state index >= 15 is 0 Å². The van der Waals surface area contributed by atoms with E-state index in [2.05, 4.69) is 5.16 Å². The van der Waals surface area contributed by atoms with Crippen molar-refractivity contribution in [3.05, 3.63) is 53.6 Å². The van der Waals surface area contributed by atoms with Gasteiger partial charge in [0.1, 0.15) is 17.3 Å². The summed E-state index contributed by atoms with van der Waals surface area (Å²) in [6.07, 6.45) is 0. The molecular weight excluding hydrogens is 332 g/mol. The number of aliphatic hydroxyl groups excluding tert-OH is 1. The molecule has 0 fully saturated rings. The van der Waals surface area contributed by atoms with Gasteiger partial charge in [0.25, 0.3) is 0 Å². The van der Waals surface area contributed by atoms with E-state index in [1.807, 2.05) is 0 Å². The summed E-state index contributed by atoms with van der Waals surface area (Å²) in [5, 5.41) is 13.5. The molecule has 3 rings (SSSR count). The molecule has 2 aromatic carbocycles. The Hall–Kier alpha value is -2.93. The van der Waals surface area contributed by atoms with Crippen molar-refractivity contribution in [3.8, 4) is 34.1 Å². The fraction of sp³-hybridized carbons (Fsp3) is 0.167. The molecule has 7 heteroatoms. The van der Waals surface area contributed by atoms with Crippen LogP contribution in [0.4, 0.5) is 8.78 Å². The summed E-state index contributed by atoms with van der Waals surface area (Å²) in [6.45, 7) is -0.460. The molecular formula is C18H15F2NO4. The van der Waals surface area contributed by atoms with Crippen molar-refractivity contribution in [1.82, 2.24) is 5.16 Å². The van der Waals surface area contributed by atoms with Crippen molar-refractivity contribution >= 4 is 0 Å². The average molecular weight is 347 g/mol. The molecule has 0 spiro atoms.